The molecule has 0 amide bonds. The third-order valence-electron chi connectivity index (χ3n) is 5.93. The summed E-state index contributed by atoms with van der Waals surface area (Å²) in [5.74, 6) is -0.483. The van der Waals surface area contributed by atoms with Crippen molar-refractivity contribution in [2.75, 3.05) is 0 Å². The van der Waals surface area contributed by atoms with Gasteiger partial charge in [0.15, 0.2) is 0 Å². The van der Waals surface area contributed by atoms with E-state index in [-0.39, 0.29) is 5.58 Å². The number of benzene rings is 4. The topological polar surface area (TPSA) is 69.7 Å². The Morgan fingerprint density at radius 2 is 1.31 bits per heavy atom. The Balaban J connectivity index is 1.70. The van der Waals surface area contributed by atoms with Gasteiger partial charge in [0.05, 0.1) is 0 Å². The SMILES string of the molecule is O=S(=O)(Oc1cc2c3c(c1)oc1ccc4ccc5oc6cccc-2c6c5c4c13)C(F)(F)F. The zero-order chi connectivity index (χ0) is 22.0. The summed E-state index contributed by atoms with van der Waals surface area (Å²) < 4.78 is 78.6. The molecule has 0 radical (unpaired) electrons. The summed E-state index contributed by atoms with van der Waals surface area (Å²) in [7, 11) is -5.84. The molecule has 1 aliphatic carbocycles. The summed E-state index contributed by atoms with van der Waals surface area (Å²) in [5.41, 5.74) is -2.31. The zero-order valence-electron chi connectivity index (χ0n) is 15.8. The molecule has 2 aromatic heterocycles. The normalized spacial score (nSPS) is 13.7. The molecule has 0 saturated heterocycles. The molecular formula is C23H9F3O5S. The molecule has 0 unspecified atom stereocenters. The Morgan fingerprint density at radius 1 is 0.688 bits per heavy atom. The van der Waals surface area contributed by atoms with E-state index in [4.69, 9.17) is 8.83 Å². The second-order valence-electron chi connectivity index (χ2n) is 7.69. The van der Waals surface area contributed by atoms with Crippen molar-refractivity contribution in [2.45, 2.75) is 5.51 Å². The summed E-state index contributed by atoms with van der Waals surface area (Å²) in [6.45, 7) is 0. The molecule has 5 nitrogen and oxygen atoms in total. The molecule has 0 bridgehead atoms. The first-order valence-corrected chi connectivity index (χ1v) is 10.9. The van der Waals surface area contributed by atoms with Gasteiger partial charge in [0.2, 0.25) is 0 Å². The number of alkyl halides is 3. The van der Waals surface area contributed by atoms with E-state index >= 15 is 0 Å². The van der Waals surface area contributed by atoms with Crippen molar-refractivity contribution in [1.82, 2.24) is 0 Å². The fourth-order valence-corrected chi connectivity index (χ4v) is 5.19. The molecule has 6 aromatic rings. The van der Waals surface area contributed by atoms with Crippen LogP contribution in [-0.2, 0) is 10.1 Å². The first-order chi connectivity index (χ1) is 15.2. The quantitative estimate of drug-likeness (QED) is 0.211. The monoisotopic (exact) mass is 454 g/mol. The van der Waals surface area contributed by atoms with Crippen LogP contribution in [0.3, 0.4) is 0 Å². The summed E-state index contributed by atoms with van der Waals surface area (Å²) in [4.78, 5) is 0. The van der Waals surface area contributed by atoms with Gasteiger partial charge in [-0.15, -0.1) is 0 Å². The van der Waals surface area contributed by atoms with Crippen LogP contribution < -0.4 is 4.18 Å². The molecule has 158 valence electrons. The molecule has 0 saturated carbocycles. The van der Waals surface area contributed by atoms with Gasteiger partial charge in [0.1, 0.15) is 28.1 Å². The Morgan fingerprint density at radius 3 is 2.00 bits per heavy atom. The van der Waals surface area contributed by atoms with Crippen molar-refractivity contribution in [3.05, 3.63) is 54.6 Å². The van der Waals surface area contributed by atoms with Gasteiger partial charge in [-0.1, -0.05) is 24.3 Å². The zero-order valence-corrected chi connectivity index (χ0v) is 16.6. The minimum absolute atomic E-state index is 0.230. The highest BCUT2D eigenvalue weighted by Gasteiger charge is 2.48. The average Bonchev–Trinajstić information content (AvgIpc) is 3.25. The lowest BCUT2D eigenvalue weighted by atomic mass is 9.98. The van der Waals surface area contributed by atoms with E-state index in [0.29, 0.717) is 33.3 Å². The maximum Gasteiger partial charge on any atom is 0.534 e. The minimum Gasteiger partial charge on any atom is -0.456 e. The van der Waals surface area contributed by atoms with Crippen LogP contribution in [0, 0.1) is 0 Å². The van der Waals surface area contributed by atoms with Crippen LogP contribution >= 0.6 is 0 Å². The summed E-state index contributed by atoms with van der Waals surface area (Å²) in [6, 6.07) is 15.4. The molecule has 0 atom stereocenters. The first kappa shape index (κ1) is 17.9. The van der Waals surface area contributed by atoms with Crippen LogP contribution in [0.1, 0.15) is 0 Å². The second-order valence-corrected chi connectivity index (χ2v) is 9.22. The lowest BCUT2D eigenvalue weighted by Gasteiger charge is -2.11. The Labute approximate surface area is 176 Å². The van der Waals surface area contributed by atoms with Gasteiger partial charge in [0.25, 0.3) is 0 Å². The molecule has 0 N–H and O–H groups in total. The third kappa shape index (κ3) is 2.06. The third-order valence-corrected chi connectivity index (χ3v) is 6.91. The van der Waals surface area contributed by atoms with E-state index in [1.807, 2.05) is 30.3 Å². The molecule has 32 heavy (non-hydrogen) atoms. The second kappa shape index (κ2) is 5.36. The summed E-state index contributed by atoms with van der Waals surface area (Å²) in [6.07, 6.45) is 0. The lowest BCUT2D eigenvalue weighted by molar-refractivity contribution is -0.0500. The predicted octanol–water partition coefficient (Wildman–Crippen LogP) is 6.85. The fourth-order valence-electron chi connectivity index (χ4n) is 4.74. The van der Waals surface area contributed by atoms with Gasteiger partial charge in [-0.05, 0) is 40.8 Å². The number of fused-ring (bicyclic) bond motifs is 1. The molecular weight excluding hydrogens is 445 g/mol. The van der Waals surface area contributed by atoms with Gasteiger partial charge >= 0.3 is 15.6 Å². The van der Waals surface area contributed by atoms with Crippen LogP contribution in [-0.4, -0.2) is 13.9 Å². The van der Waals surface area contributed by atoms with E-state index in [0.717, 1.165) is 26.9 Å². The number of furan rings is 2. The van der Waals surface area contributed by atoms with Crippen molar-refractivity contribution >= 4 is 64.8 Å². The Bertz CT molecular complexity index is 1910. The molecule has 0 aliphatic heterocycles. The minimum atomic E-state index is -5.84. The number of rotatable bonds is 2. The lowest BCUT2D eigenvalue weighted by Crippen LogP contribution is -2.28. The van der Waals surface area contributed by atoms with Crippen LogP contribution in [0.25, 0.3) is 65.8 Å². The maximum atomic E-state index is 12.9. The predicted molar refractivity (Wildman–Crippen MR) is 113 cm³/mol. The van der Waals surface area contributed by atoms with Crippen molar-refractivity contribution in [1.29, 1.82) is 0 Å². The van der Waals surface area contributed by atoms with Crippen molar-refractivity contribution in [3.8, 4) is 16.9 Å². The highest BCUT2D eigenvalue weighted by molar-refractivity contribution is 7.88. The number of halogens is 3. The fraction of sp³-hybridized carbons (Fsp3) is 0.0435. The van der Waals surface area contributed by atoms with Crippen LogP contribution in [0.15, 0.2) is 63.4 Å². The van der Waals surface area contributed by atoms with E-state index in [9.17, 15) is 21.6 Å². The smallest absolute Gasteiger partial charge is 0.456 e. The Hall–Kier alpha value is -3.72. The molecule has 7 rings (SSSR count). The van der Waals surface area contributed by atoms with E-state index in [1.54, 1.807) is 12.1 Å². The number of hydrogen-bond donors (Lipinski definition) is 0. The molecule has 0 spiro atoms. The highest BCUT2D eigenvalue weighted by atomic mass is 32.2. The van der Waals surface area contributed by atoms with Gasteiger partial charge in [-0.3, -0.25) is 0 Å². The van der Waals surface area contributed by atoms with Crippen LogP contribution in [0.4, 0.5) is 13.2 Å². The van der Waals surface area contributed by atoms with Gasteiger partial charge in [-0.2, -0.15) is 21.6 Å². The molecule has 9 heteroatoms. The maximum absolute atomic E-state index is 12.9. The molecule has 2 heterocycles. The summed E-state index contributed by atoms with van der Waals surface area (Å²) >= 11 is 0. The molecule has 0 fully saturated rings. The molecule has 1 aliphatic rings. The number of hydrogen-bond acceptors (Lipinski definition) is 5. The summed E-state index contributed by atoms with van der Waals surface area (Å²) in [5, 5.41) is 5.02. The van der Waals surface area contributed by atoms with Crippen LogP contribution in [0.2, 0.25) is 0 Å². The van der Waals surface area contributed by atoms with Gasteiger partial charge in [-0.25, -0.2) is 0 Å². The van der Waals surface area contributed by atoms with Crippen molar-refractivity contribution in [3.63, 3.8) is 0 Å². The van der Waals surface area contributed by atoms with Gasteiger partial charge in [0, 0.05) is 33.0 Å². The Kier molecular flexibility index (Phi) is 3.00. The molecule has 4 aromatic carbocycles. The largest absolute Gasteiger partial charge is 0.534 e. The van der Waals surface area contributed by atoms with Gasteiger partial charge < -0.3 is 13.0 Å². The van der Waals surface area contributed by atoms with Crippen molar-refractivity contribution in [2.24, 2.45) is 0 Å². The van der Waals surface area contributed by atoms with E-state index in [2.05, 4.69) is 4.18 Å². The standard InChI is InChI=1S/C23H9F3O5S/c24-23(25,26)32(27,28)31-11-8-13-12-2-1-3-14-19(12)21-15(29-14)6-4-10-5-7-16-22(18(10)21)20(13)17(9-11)30-16/h1-9H. The van der Waals surface area contributed by atoms with Crippen LogP contribution in [0.5, 0.6) is 5.75 Å². The van der Waals surface area contributed by atoms with E-state index in [1.165, 1.54) is 12.1 Å². The highest BCUT2D eigenvalue weighted by Crippen LogP contribution is 2.51. The average molecular weight is 454 g/mol. The van der Waals surface area contributed by atoms with E-state index < -0.39 is 21.4 Å². The first-order valence-electron chi connectivity index (χ1n) is 9.51. The van der Waals surface area contributed by atoms with Crippen molar-refractivity contribution < 1.29 is 34.6 Å².